The van der Waals surface area contributed by atoms with Crippen molar-refractivity contribution >= 4 is 71.1 Å². The predicted octanol–water partition coefficient (Wildman–Crippen LogP) is 11.4. The smallest absolute Gasteiger partial charge is 0.212 e. The van der Waals surface area contributed by atoms with Gasteiger partial charge in [-0.05, 0) is 54.6 Å². The van der Waals surface area contributed by atoms with Crippen LogP contribution in [0, 0.1) is 17.9 Å². The first-order valence-electron chi connectivity index (χ1n) is 16.2. The summed E-state index contributed by atoms with van der Waals surface area (Å²) in [7, 11) is 0. The van der Waals surface area contributed by atoms with Crippen LogP contribution in [-0.4, -0.2) is 13.7 Å². The first kappa shape index (κ1) is 27.1. The molecule has 3 aromatic heterocycles. The van der Waals surface area contributed by atoms with Crippen LogP contribution < -0.4 is 0 Å². The maximum absolute atomic E-state index is 11.1. The summed E-state index contributed by atoms with van der Waals surface area (Å²) in [5.41, 5.74) is 9.51. The van der Waals surface area contributed by atoms with Crippen molar-refractivity contribution in [1.82, 2.24) is 13.7 Å². The van der Waals surface area contributed by atoms with Gasteiger partial charge in [-0.3, -0.25) is 0 Å². The van der Waals surface area contributed by atoms with Gasteiger partial charge in [0.1, 0.15) is 6.07 Å². The van der Waals surface area contributed by atoms with E-state index in [1.807, 2.05) is 42.5 Å². The minimum Gasteiger partial charge on any atom is -0.318 e. The Bertz CT molecular complexity index is 3020. The second-order valence-corrected chi connectivity index (χ2v) is 12.3. The fourth-order valence-corrected chi connectivity index (χ4v) is 7.98. The van der Waals surface area contributed by atoms with Crippen LogP contribution in [0.25, 0.3) is 87.3 Å². The van der Waals surface area contributed by atoms with E-state index in [0.29, 0.717) is 16.9 Å². The lowest BCUT2D eigenvalue weighted by molar-refractivity contribution is 1.12. The highest BCUT2D eigenvalue weighted by Crippen LogP contribution is 2.44. The third-order valence-corrected chi connectivity index (χ3v) is 9.90. The number of hydrogen-bond acceptors (Lipinski definition) is 1. The van der Waals surface area contributed by atoms with Crippen LogP contribution in [0.1, 0.15) is 5.56 Å². The summed E-state index contributed by atoms with van der Waals surface area (Å²) in [4.78, 5) is 3.97. The van der Waals surface area contributed by atoms with Crippen molar-refractivity contribution in [2.45, 2.75) is 0 Å². The molecule has 0 radical (unpaired) electrons. The molecule has 0 saturated heterocycles. The largest absolute Gasteiger partial charge is 0.318 e. The Morgan fingerprint density at radius 1 is 0.449 bits per heavy atom. The van der Waals surface area contributed by atoms with Gasteiger partial charge in [0.15, 0.2) is 0 Å². The molecular weight excluding hydrogens is 599 g/mol. The van der Waals surface area contributed by atoms with Crippen LogP contribution >= 0.6 is 0 Å². The number of benzene rings is 7. The van der Waals surface area contributed by atoms with Gasteiger partial charge in [-0.2, -0.15) is 5.26 Å². The van der Waals surface area contributed by atoms with E-state index >= 15 is 0 Å². The Morgan fingerprint density at radius 3 is 1.47 bits per heavy atom. The zero-order chi connectivity index (χ0) is 32.6. The minimum absolute atomic E-state index is 0.431. The first-order valence-corrected chi connectivity index (χ1v) is 16.2. The number of para-hydroxylation sites is 5. The standard InChI is InChI=1S/C44H25N5/c1-46-34-23-24-39(33(27-45)44(34)49-35-19-9-5-15-29(35)30-16-6-10-20-36(30)49)48-38-22-12-8-18-32(38)43-41(48)26-25-40-42(43)31-17-7-11-21-37(31)47(40)28-13-3-2-4-14-28/h2-26H. The number of nitrogens with zero attached hydrogens (tertiary/aromatic N) is 5. The molecule has 3 heterocycles. The van der Waals surface area contributed by atoms with Crippen molar-refractivity contribution in [2.24, 2.45) is 0 Å². The van der Waals surface area contributed by atoms with Crippen molar-refractivity contribution in [2.75, 3.05) is 0 Å². The van der Waals surface area contributed by atoms with Crippen LogP contribution in [0.2, 0.25) is 0 Å². The lowest BCUT2D eigenvalue weighted by Gasteiger charge is -2.17. The third kappa shape index (κ3) is 3.62. The summed E-state index contributed by atoms with van der Waals surface area (Å²) in [6.45, 7) is 8.22. The Kier molecular flexibility index (Phi) is 5.64. The molecule has 0 spiro atoms. The van der Waals surface area contributed by atoms with Crippen LogP contribution in [0.15, 0.2) is 152 Å². The van der Waals surface area contributed by atoms with Gasteiger partial charge in [0.05, 0.1) is 56.6 Å². The van der Waals surface area contributed by atoms with Crippen molar-refractivity contribution in [1.29, 1.82) is 5.26 Å². The van der Waals surface area contributed by atoms with Gasteiger partial charge >= 0.3 is 0 Å². The number of aromatic nitrogens is 3. The van der Waals surface area contributed by atoms with E-state index < -0.39 is 0 Å². The molecule has 5 heteroatoms. The number of rotatable bonds is 3. The molecule has 0 bridgehead atoms. The molecule has 0 aliphatic rings. The van der Waals surface area contributed by atoms with Gasteiger partial charge in [-0.1, -0.05) is 97.1 Å². The second-order valence-electron chi connectivity index (χ2n) is 12.3. The number of hydrogen-bond donors (Lipinski definition) is 0. The number of fused-ring (bicyclic) bond motifs is 10. The molecule has 49 heavy (non-hydrogen) atoms. The molecule has 226 valence electrons. The fourth-order valence-electron chi connectivity index (χ4n) is 7.98. The monoisotopic (exact) mass is 623 g/mol. The van der Waals surface area contributed by atoms with E-state index in [0.717, 1.165) is 66.0 Å². The maximum atomic E-state index is 11.1. The van der Waals surface area contributed by atoms with Gasteiger partial charge in [-0.15, -0.1) is 0 Å². The molecule has 0 unspecified atom stereocenters. The first-order chi connectivity index (χ1) is 24.3. The fraction of sp³-hybridized carbons (Fsp3) is 0. The summed E-state index contributed by atoms with van der Waals surface area (Å²) in [6.07, 6.45) is 0. The van der Waals surface area contributed by atoms with Crippen LogP contribution in [0.3, 0.4) is 0 Å². The topological polar surface area (TPSA) is 42.9 Å². The van der Waals surface area contributed by atoms with Crippen LogP contribution in [0.4, 0.5) is 5.69 Å². The highest BCUT2D eigenvalue weighted by molar-refractivity contribution is 6.29. The molecule has 5 nitrogen and oxygen atoms in total. The van der Waals surface area contributed by atoms with Crippen molar-refractivity contribution in [3.05, 3.63) is 169 Å². The molecule has 0 aliphatic carbocycles. The summed E-state index contributed by atoms with van der Waals surface area (Å²) in [5.74, 6) is 0. The molecule has 0 atom stereocenters. The summed E-state index contributed by atoms with van der Waals surface area (Å²) >= 11 is 0. The van der Waals surface area contributed by atoms with E-state index in [1.54, 1.807) is 0 Å². The highest BCUT2D eigenvalue weighted by Gasteiger charge is 2.25. The van der Waals surface area contributed by atoms with E-state index in [2.05, 4.69) is 134 Å². The van der Waals surface area contributed by atoms with E-state index in [4.69, 9.17) is 6.57 Å². The number of nitriles is 1. The molecular formula is C44H25N5. The Morgan fingerprint density at radius 2 is 0.918 bits per heavy atom. The molecule has 0 saturated carbocycles. The van der Waals surface area contributed by atoms with Crippen molar-refractivity contribution in [3.63, 3.8) is 0 Å². The molecule has 0 fully saturated rings. The molecule has 10 rings (SSSR count). The van der Waals surface area contributed by atoms with Crippen LogP contribution in [-0.2, 0) is 0 Å². The zero-order valence-corrected chi connectivity index (χ0v) is 26.2. The normalized spacial score (nSPS) is 11.6. The van der Waals surface area contributed by atoms with E-state index in [1.165, 1.54) is 10.8 Å². The summed E-state index contributed by atoms with van der Waals surface area (Å²) in [6, 6.07) is 54.7. The summed E-state index contributed by atoms with van der Waals surface area (Å²) < 4.78 is 6.64. The van der Waals surface area contributed by atoms with Gasteiger partial charge in [0.25, 0.3) is 0 Å². The SMILES string of the molecule is [C-]#[N+]c1ccc(-n2c3ccccc3c3c4c5ccccc5n(-c5ccccc5)c4ccc32)c(C#N)c1-n1c2ccccc2c2ccccc21. The maximum Gasteiger partial charge on any atom is 0.212 e. The van der Waals surface area contributed by atoms with Gasteiger partial charge in [-0.25, -0.2) is 4.85 Å². The molecule has 0 N–H and O–H groups in total. The molecule has 7 aromatic carbocycles. The van der Waals surface area contributed by atoms with Crippen molar-refractivity contribution in [3.8, 4) is 23.1 Å². The van der Waals surface area contributed by atoms with Crippen molar-refractivity contribution < 1.29 is 0 Å². The lowest BCUT2D eigenvalue weighted by atomic mass is 10.1. The van der Waals surface area contributed by atoms with Gasteiger partial charge in [0.2, 0.25) is 5.69 Å². The average Bonchev–Trinajstić information content (AvgIpc) is 3.80. The molecule has 0 aliphatic heterocycles. The zero-order valence-electron chi connectivity index (χ0n) is 26.2. The van der Waals surface area contributed by atoms with E-state index in [9.17, 15) is 5.26 Å². The summed E-state index contributed by atoms with van der Waals surface area (Å²) in [5, 5.41) is 17.8. The Labute approximate surface area is 281 Å². The lowest BCUT2D eigenvalue weighted by Crippen LogP contribution is -2.04. The molecule has 0 amide bonds. The molecule has 10 aromatic rings. The van der Waals surface area contributed by atoms with Gasteiger partial charge in [0, 0.05) is 38.0 Å². The minimum atomic E-state index is 0.431. The van der Waals surface area contributed by atoms with Gasteiger partial charge < -0.3 is 13.7 Å². The third-order valence-electron chi connectivity index (χ3n) is 9.90. The average molecular weight is 624 g/mol. The second kappa shape index (κ2) is 10.2. The Balaban J connectivity index is 1.36. The van der Waals surface area contributed by atoms with Crippen LogP contribution in [0.5, 0.6) is 0 Å². The Hall–Kier alpha value is -7.08. The quantitative estimate of drug-likeness (QED) is 0.181. The van der Waals surface area contributed by atoms with E-state index in [-0.39, 0.29) is 0 Å². The highest BCUT2D eigenvalue weighted by atomic mass is 15.0. The predicted molar refractivity (Wildman–Crippen MR) is 200 cm³/mol.